The van der Waals surface area contributed by atoms with Gasteiger partial charge in [-0.2, -0.15) is 18.4 Å². The Morgan fingerprint density at radius 1 is 0.958 bits per heavy atom. The maximum atomic E-state index is 14.1. The Balaban J connectivity index is 2.60. The van der Waals surface area contributed by atoms with E-state index in [1.165, 1.54) is 0 Å². The number of halogens is 7. The van der Waals surface area contributed by atoms with Crippen LogP contribution in [0.25, 0.3) is 0 Å². The van der Waals surface area contributed by atoms with Crippen molar-refractivity contribution in [1.82, 2.24) is 0 Å². The van der Waals surface area contributed by atoms with E-state index in [-0.39, 0.29) is 0 Å². The molecule has 3 nitrogen and oxygen atoms in total. The lowest BCUT2D eigenvalue weighted by atomic mass is 9.90. The number of nitriles is 1. The zero-order valence-corrected chi connectivity index (χ0v) is 12.1. The van der Waals surface area contributed by atoms with Gasteiger partial charge in [0.25, 0.3) is 0 Å². The van der Waals surface area contributed by atoms with E-state index in [1.54, 1.807) is 0 Å². The summed E-state index contributed by atoms with van der Waals surface area (Å²) < 4.78 is 104. The molecule has 2 rings (SSSR count). The van der Waals surface area contributed by atoms with Crippen molar-refractivity contribution >= 4 is 0 Å². The molecular formula is C14H10F7NO2. The van der Waals surface area contributed by atoms with Crippen LogP contribution in [0.1, 0.15) is 24.2 Å². The monoisotopic (exact) mass is 357 g/mol. The first-order chi connectivity index (χ1) is 11.1. The molecule has 0 aliphatic carbocycles. The minimum atomic E-state index is -4.87. The zero-order chi connectivity index (χ0) is 18.2. The molecule has 1 fully saturated rings. The Labute approximate surface area is 131 Å². The van der Waals surface area contributed by atoms with Gasteiger partial charge < -0.3 is 9.47 Å². The lowest BCUT2D eigenvalue weighted by molar-refractivity contribution is -0.233. The van der Waals surface area contributed by atoms with Crippen molar-refractivity contribution in [3.8, 4) is 6.07 Å². The molecule has 3 atom stereocenters. The summed E-state index contributed by atoms with van der Waals surface area (Å²) >= 11 is 0. The Kier molecular flexibility index (Phi) is 5.05. The van der Waals surface area contributed by atoms with E-state index in [4.69, 9.17) is 10.00 Å². The topological polar surface area (TPSA) is 42.2 Å². The molecule has 0 aromatic heterocycles. The van der Waals surface area contributed by atoms with Gasteiger partial charge in [0.2, 0.25) is 0 Å². The van der Waals surface area contributed by atoms with Crippen LogP contribution in [0.4, 0.5) is 30.7 Å². The van der Waals surface area contributed by atoms with Crippen LogP contribution in [0.3, 0.4) is 0 Å². The van der Waals surface area contributed by atoms with Gasteiger partial charge in [0.05, 0.1) is 24.9 Å². The van der Waals surface area contributed by atoms with Gasteiger partial charge in [-0.25, -0.2) is 17.6 Å². The largest absolute Gasteiger partial charge is 0.414 e. The van der Waals surface area contributed by atoms with Gasteiger partial charge in [0, 0.05) is 5.92 Å². The molecule has 0 spiro atoms. The molecule has 0 radical (unpaired) electrons. The predicted molar refractivity (Wildman–Crippen MR) is 64.6 cm³/mol. The number of alkyl halides is 3. The summed E-state index contributed by atoms with van der Waals surface area (Å²) in [5.41, 5.74) is -2.84. The third-order valence-electron chi connectivity index (χ3n) is 3.65. The van der Waals surface area contributed by atoms with Gasteiger partial charge in [0.1, 0.15) is 11.6 Å². The van der Waals surface area contributed by atoms with E-state index in [0.29, 0.717) is 0 Å². The molecule has 1 aromatic rings. The zero-order valence-electron chi connectivity index (χ0n) is 12.1. The standard InChI is InChI=1S/C14H10F7NO2/c1-5-12(23-2-3-24-13(5)14(19,20)21)7-10(17)8(15)6(4-22)9(16)11(7)18/h5,12-13H,2-3H2,1H3. The van der Waals surface area contributed by atoms with Crippen LogP contribution in [-0.4, -0.2) is 25.5 Å². The van der Waals surface area contributed by atoms with Crippen molar-refractivity contribution in [1.29, 1.82) is 5.26 Å². The third-order valence-corrected chi connectivity index (χ3v) is 3.65. The van der Waals surface area contributed by atoms with Crippen molar-refractivity contribution < 1.29 is 40.2 Å². The first-order valence-corrected chi connectivity index (χ1v) is 6.67. The summed E-state index contributed by atoms with van der Waals surface area (Å²) in [5, 5.41) is 8.53. The van der Waals surface area contributed by atoms with E-state index in [0.717, 1.165) is 13.0 Å². The van der Waals surface area contributed by atoms with E-state index in [2.05, 4.69) is 4.74 Å². The third kappa shape index (κ3) is 3.06. The van der Waals surface area contributed by atoms with Gasteiger partial charge in [-0.15, -0.1) is 0 Å². The smallest absolute Gasteiger partial charge is 0.371 e. The minimum absolute atomic E-state index is 0.469. The molecule has 1 saturated heterocycles. The highest BCUT2D eigenvalue weighted by molar-refractivity contribution is 5.38. The highest BCUT2D eigenvalue weighted by Gasteiger charge is 2.49. The predicted octanol–water partition coefficient (Wildman–Crippen LogP) is 3.77. The van der Waals surface area contributed by atoms with Crippen molar-refractivity contribution in [3.05, 3.63) is 34.4 Å². The maximum absolute atomic E-state index is 14.1. The average Bonchev–Trinajstić information content (AvgIpc) is 2.68. The summed E-state index contributed by atoms with van der Waals surface area (Å²) in [6, 6.07) is 0.956. The van der Waals surface area contributed by atoms with Crippen LogP contribution in [-0.2, 0) is 9.47 Å². The van der Waals surface area contributed by atoms with Crippen molar-refractivity contribution in [2.45, 2.75) is 25.3 Å². The quantitative estimate of drug-likeness (QED) is 0.568. The molecule has 1 aromatic carbocycles. The average molecular weight is 357 g/mol. The molecule has 3 unspecified atom stereocenters. The van der Waals surface area contributed by atoms with Gasteiger partial charge in [0.15, 0.2) is 29.4 Å². The maximum Gasteiger partial charge on any atom is 0.414 e. The van der Waals surface area contributed by atoms with Gasteiger partial charge in [-0.05, 0) is 0 Å². The van der Waals surface area contributed by atoms with E-state index >= 15 is 0 Å². The second-order valence-corrected chi connectivity index (χ2v) is 5.14. The fraction of sp³-hybridized carbons (Fsp3) is 0.500. The molecule has 1 aliphatic heterocycles. The summed E-state index contributed by atoms with van der Waals surface area (Å²) in [6.07, 6.45) is -9.26. The number of ether oxygens (including phenoxy) is 2. The number of hydrogen-bond donors (Lipinski definition) is 0. The number of rotatable bonds is 1. The summed E-state index contributed by atoms with van der Waals surface area (Å²) in [6.45, 7) is -0.0553. The highest BCUT2D eigenvalue weighted by Crippen LogP contribution is 2.41. The summed E-state index contributed by atoms with van der Waals surface area (Å²) in [7, 11) is 0. The minimum Gasteiger partial charge on any atom is -0.371 e. The molecule has 1 heterocycles. The van der Waals surface area contributed by atoms with Crippen LogP contribution in [0.5, 0.6) is 0 Å². The van der Waals surface area contributed by atoms with Crippen LogP contribution >= 0.6 is 0 Å². The van der Waals surface area contributed by atoms with Crippen molar-refractivity contribution in [2.75, 3.05) is 13.2 Å². The molecule has 24 heavy (non-hydrogen) atoms. The number of benzene rings is 1. The Morgan fingerprint density at radius 3 is 1.92 bits per heavy atom. The first-order valence-electron chi connectivity index (χ1n) is 6.67. The SMILES string of the molecule is CC1C(c2c(F)c(F)c(C#N)c(F)c2F)OCCOC1C(F)(F)F. The lowest BCUT2D eigenvalue weighted by Gasteiger charge is -2.29. The fourth-order valence-corrected chi connectivity index (χ4v) is 2.55. The summed E-state index contributed by atoms with van der Waals surface area (Å²) in [4.78, 5) is 0. The lowest BCUT2D eigenvalue weighted by Crippen LogP contribution is -2.39. The molecule has 10 heteroatoms. The van der Waals surface area contributed by atoms with Crippen LogP contribution in [0.2, 0.25) is 0 Å². The molecule has 0 saturated carbocycles. The summed E-state index contributed by atoms with van der Waals surface area (Å²) in [5.74, 6) is -9.61. The van der Waals surface area contributed by atoms with Crippen molar-refractivity contribution in [2.24, 2.45) is 5.92 Å². The second kappa shape index (κ2) is 6.57. The molecule has 132 valence electrons. The molecule has 0 bridgehead atoms. The Bertz CT molecular complexity index is 654. The molecule has 1 aliphatic rings. The molecule has 0 amide bonds. The highest BCUT2D eigenvalue weighted by atomic mass is 19.4. The van der Waals surface area contributed by atoms with Crippen LogP contribution < -0.4 is 0 Å². The van der Waals surface area contributed by atoms with E-state index in [1.807, 2.05) is 0 Å². The van der Waals surface area contributed by atoms with Crippen molar-refractivity contribution in [3.63, 3.8) is 0 Å². The van der Waals surface area contributed by atoms with E-state index in [9.17, 15) is 30.7 Å². The number of nitrogens with zero attached hydrogens (tertiary/aromatic N) is 1. The normalized spacial score (nSPS) is 25.2. The Hall–Kier alpha value is -1.86. The van der Waals surface area contributed by atoms with Gasteiger partial charge in [-0.3, -0.25) is 0 Å². The molecule has 0 N–H and O–H groups in total. The van der Waals surface area contributed by atoms with Crippen LogP contribution in [0, 0.1) is 40.5 Å². The second-order valence-electron chi connectivity index (χ2n) is 5.14. The number of hydrogen-bond acceptors (Lipinski definition) is 3. The van der Waals surface area contributed by atoms with Crippen LogP contribution in [0.15, 0.2) is 0 Å². The molecular weight excluding hydrogens is 347 g/mol. The first kappa shape index (κ1) is 18.5. The van der Waals surface area contributed by atoms with Gasteiger partial charge >= 0.3 is 6.18 Å². The van der Waals surface area contributed by atoms with E-state index < -0.39 is 71.9 Å². The Morgan fingerprint density at radius 2 is 1.46 bits per heavy atom. The fourth-order valence-electron chi connectivity index (χ4n) is 2.55. The van der Waals surface area contributed by atoms with Gasteiger partial charge in [-0.1, -0.05) is 6.92 Å².